The van der Waals surface area contributed by atoms with E-state index in [9.17, 15) is 14.4 Å². The summed E-state index contributed by atoms with van der Waals surface area (Å²) in [6.07, 6.45) is 1.32. The average Bonchev–Trinajstić information content (AvgIpc) is 3.23. The number of hydrogen-bond donors (Lipinski definition) is 2. The van der Waals surface area contributed by atoms with Crippen LogP contribution in [0.2, 0.25) is 5.02 Å². The van der Waals surface area contributed by atoms with Crippen LogP contribution in [-0.2, 0) is 24.7 Å². The smallest absolute Gasteiger partial charge is 0.291 e. The Hall–Kier alpha value is -1.96. The number of nitrogens with two attached hydrogens (primary N) is 1. The number of anilines is 1. The van der Waals surface area contributed by atoms with Gasteiger partial charge in [0.05, 0.1) is 10.7 Å². The molecule has 0 radical (unpaired) electrons. The highest BCUT2D eigenvalue weighted by molar-refractivity contribution is 6.35. The van der Waals surface area contributed by atoms with E-state index in [1.807, 2.05) is 11.4 Å². The number of halogens is 1. The molecule has 3 amide bonds. The lowest BCUT2D eigenvalue weighted by Crippen LogP contribution is -2.99. The molecule has 1 aromatic rings. The van der Waals surface area contributed by atoms with E-state index in [1.54, 1.807) is 19.2 Å². The molecule has 156 valence electrons. The summed E-state index contributed by atoms with van der Waals surface area (Å²) in [7, 11) is 1.59. The zero-order chi connectivity index (χ0) is 20.9. The lowest BCUT2D eigenvalue weighted by molar-refractivity contribution is -0.734. The summed E-state index contributed by atoms with van der Waals surface area (Å²) in [6.45, 7) is 4.96. The van der Waals surface area contributed by atoms with Gasteiger partial charge in [0.25, 0.3) is 5.91 Å². The van der Waals surface area contributed by atoms with Crippen molar-refractivity contribution in [2.45, 2.75) is 38.3 Å². The van der Waals surface area contributed by atoms with Crippen molar-refractivity contribution in [3.05, 3.63) is 28.8 Å². The third-order valence-corrected chi connectivity index (χ3v) is 6.73. The molecule has 0 aliphatic carbocycles. The molecule has 0 unspecified atom stereocenters. The number of rotatable bonds is 6. The summed E-state index contributed by atoms with van der Waals surface area (Å²) in [5.74, 6) is -1.59. The maximum atomic E-state index is 13.5. The summed E-state index contributed by atoms with van der Waals surface area (Å²) in [4.78, 5) is 41.4. The number of para-hydroxylation sites is 1. The SMILES string of the molecule is COCCCN1C(=O)[C@H]2[C@@H](C1=O)[C@@]1([NH2+][C@@H]2CC(C)C)C(=O)Nc2c(Cl)cccc21. The van der Waals surface area contributed by atoms with Gasteiger partial charge in [-0.1, -0.05) is 31.5 Å². The molecule has 3 aliphatic rings. The first-order chi connectivity index (χ1) is 13.8. The monoisotopic (exact) mass is 420 g/mol. The van der Waals surface area contributed by atoms with E-state index in [0.29, 0.717) is 41.8 Å². The van der Waals surface area contributed by atoms with Crippen molar-refractivity contribution >= 4 is 35.0 Å². The van der Waals surface area contributed by atoms with Crippen LogP contribution in [-0.4, -0.2) is 48.9 Å². The lowest BCUT2D eigenvalue weighted by atomic mass is 9.76. The van der Waals surface area contributed by atoms with Gasteiger partial charge in [-0.25, -0.2) is 0 Å². The number of quaternary nitrogens is 1. The Bertz CT molecular complexity index is 873. The quantitative estimate of drug-likeness (QED) is 0.532. The Morgan fingerprint density at radius 1 is 1.28 bits per heavy atom. The van der Waals surface area contributed by atoms with Crippen LogP contribution in [0.15, 0.2) is 18.2 Å². The van der Waals surface area contributed by atoms with Gasteiger partial charge >= 0.3 is 0 Å². The summed E-state index contributed by atoms with van der Waals surface area (Å²) < 4.78 is 5.08. The van der Waals surface area contributed by atoms with E-state index < -0.39 is 17.4 Å². The largest absolute Gasteiger partial charge is 0.385 e. The number of nitrogens with one attached hydrogen (secondary N) is 1. The Kier molecular flexibility index (Phi) is 5.17. The molecule has 3 aliphatic heterocycles. The number of hydrogen-bond acceptors (Lipinski definition) is 4. The molecule has 0 saturated carbocycles. The molecular weight excluding hydrogens is 394 g/mol. The fourth-order valence-corrected chi connectivity index (χ4v) is 5.58. The van der Waals surface area contributed by atoms with Crippen LogP contribution in [0.25, 0.3) is 0 Å². The molecule has 4 atom stereocenters. The first-order valence-corrected chi connectivity index (χ1v) is 10.5. The fraction of sp³-hybridized carbons (Fsp3) is 0.571. The number of fused-ring (bicyclic) bond motifs is 4. The number of methoxy groups -OCH3 is 1. The minimum absolute atomic E-state index is 0.139. The maximum Gasteiger partial charge on any atom is 0.291 e. The zero-order valence-corrected chi connectivity index (χ0v) is 17.7. The number of ether oxygens (including phenoxy) is 1. The summed E-state index contributed by atoms with van der Waals surface area (Å²) in [6, 6.07) is 5.21. The first-order valence-electron chi connectivity index (χ1n) is 10.1. The number of nitrogens with zero attached hydrogens (tertiary/aromatic N) is 1. The van der Waals surface area contributed by atoms with E-state index in [-0.39, 0.29) is 23.8 Å². The topological polar surface area (TPSA) is 92.3 Å². The van der Waals surface area contributed by atoms with Gasteiger partial charge in [-0.15, -0.1) is 0 Å². The van der Waals surface area contributed by atoms with Gasteiger partial charge in [-0.3, -0.25) is 19.3 Å². The first kappa shape index (κ1) is 20.3. The minimum Gasteiger partial charge on any atom is -0.385 e. The van der Waals surface area contributed by atoms with Crippen LogP contribution >= 0.6 is 11.6 Å². The van der Waals surface area contributed by atoms with E-state index in [2.05, 4.69) is 19.2 Å². The number of carbonyl (C=O) groups is 3. The standard InChI is InChI=1S/C21H26ClN3O4/c1-11(2)10-14-15-16(19(27)25(18(15)26)8-5-9-29-3)21(24-14)12-6-4-7-13(22)17(12)23-20(21)28/h4,6-7,11,14-16,24H,5,8-10H2,1-3H3,(H,23,28)/p+1/t14-,15-,16+,21-/m1/s1. The van der Waals surface area contributed by atoms with Crippen LogP contribution in [0.5, 0.6) is 0 Å². The molecule has 2 fully saturated rings. The molecule has 1 aromatic carbocycles. The molecule has 7 nitrogen and oxygen atoms in total. The third kappa shape index (κ3) is 2.90. The number of carbonyl (C=O) groups excluding carboxylic acids is 3. The maximum absolute atomic E-state index is 13.5. The van der Waals surface area contributed by atoms with E-state index in [0.717, 1.165) is 6.42 Å². The van der Waals surface area contributed by atoms with Gasteiger partial charge in [0.2, 0.25) is 17.4 Å². The zero-order valence-electron chi connectivity index (χ0n) is 16.9. The van der Waals surface area contributed by atoms with Crippen molar-refractivity contribution in [2.75, 3.05) is 25.6 Å². The predicted molar refractivity (Wildman–Crippen MR) is 107 cm³/mol. The van der Waals surface area contributed by atoms with Gasteiger partial charge < -0.3 is 15.4 Å². The predicted octanol–water partition coefficient (Wildman–Crippen LogP) is 1.12. The second kappa shape index (κ2) is 7.38. The van der Waals surface area contributed by atoms with Crippen molar-refractivity contribution < 1.29 is 24.4 Å². The highest BCUT2D eigenvalue weighted by Gasteiger charge is 2.74. The van der Waals surface area contributed by atoms with E-state index >= 15 is 0 Å². The van der Waals surface area contributed by atoms with Crippen molar-refractivity contribution in [3.63, 3.8) is 0 Å². The van der Waals surface area contributed by atoms with Gasteiger partial charge in [0.1, 0.15) is 17.9 Å². The Morgan fingerprint density at radius 3 is 2.72 bits per heavy atom. The Morgan fingerprint density at radius 2 is 2.03 bits per heavy atom. The van der Waals surface area contributed by atoms with Crippen LogP contribution in [0.1, 0.15) is 32.3 Å². The normalized spacial score (nSPS) is 30.4. The molecule has 4 rings (SSSR count). The van der Waals surface area contributed by atoms with E-state index in [4.69, 9.17) is 16.3 Å². The Labute approximate surface area is 175 Å². The van der Waals surface area contributed by atoms with Gasteiger partial charge in [0.15, 0.2) is 0 Å². The van der Waals surface area contributed by atoms with Gasteiger partial charge in [0, 0.05) is 32.2 Å². The molecule has 0 bridgehead atoms. The number of imide groups is 1. The summed E-state index contributed by atoms with van der Waals surface area (Å²) in [5, 5.41) is 5.29. The minimum atomic E-state index is -1.15. The average molecular weight is 421 g/mol. The van der Waals surface area contributed by atoms with Crippen molar-refractivity contribution in [3.8, 4) is 0 Å². The molecule has 3 N–H and O–H groups in total. The fourth-order valence-electron chi connectivity index (χ4n) is 5.36. The van der Waals surface area contributed by atoms with Gasteiger partial charge in [-0.2, -0.15) is 0 Å². The highest BCUT2D eigenvalue weighted by Crippen LogP contribution is 2.51. The van der Waals surface area contributed by atoms with Crippen LogP contribution in [0, 0.1) is 17.8 Å². The van der Waals surface area contributed by atoms with Crippen molar-refractivity contribution in [2.24, 2.45) is 17.8 Å². The summed E-state index contributed by atoms with van der Waals surface area (Å²) >= 11 is 6.33. The third-order valence-electron chi connectivity index (χ3n) is 6.42. The van der Waals surface area contributed by atoms with Gasteiger partial charge in [-0.05, 0) is 24.5 Å². The van der Waals surface area contributed by atoms with Crippen LogP contribution in [0.3, 0.4) is 0 Å². The van der Waals surface area contributed by atoms with Crippen molar-refractivity contribution in [1.29, 1.82) is 0 Å². The molecular formula is C21H27ClN3O4+. The second-order valence-corrected chi connectivity index (χ2v) is 9.03. The number of amides is 3. The van der Waals surface area contributed by atoms with Crippen LogP contribution in [0.4, 0.5) is 5.69 Å². The van der Waals surface area contributed by atoms with Crippen molar-refractivity contribution in [1.82, 2.24) is 4.90 Å². The number of likely N-dealkylation sites (tertiary alicyclic amines) is 1. The summed E-state index contributed by atoms with van der Waals surface area (Å²) in [5.41, 5.74) is 0.112. The number of benzene rings is 1. The molecule has 29 heavy (non-hydrogen) atoms. The lowest BCUT2D eigenvalue weighted by Gasteiger charge is -2.26. The molecule has 3 heterocycles. The van der Waals surface area contributed by atoms with Crippen LogP contribution < -0.4 is 10.6 Å². The molecule has 1 spiro atoms. The molecule has 0 aromatic heterocycles. The van der Waals surface area contributed by atoms with E-state index in [1.165, 1.54) is 4.90 Å². The molecule has 2 saturated heterocycles. The molecule has 8 heteroatoms. The second-order valence-electron chi connectivity index (χ2n) is 8.62. The Balaban J connectivity index is 1.79. The highest BCUT2D eigenvalue weighted by atomic mass is 35.5.